The molecule has 0 saturated carbocycles. The van der Waals surface area contributed by atoms with E-state index in [2.05, 4.69) is 5.32 Å². The minimum atomic E-state index is -0.893. The molecule has 1 saturated heterocycles. The van der Waals surface area contributed by atoms with E-state index in [-0.39, 0.29) is 18.2 Å². The Bertz CT molecular complexity index is 466. The molecule has 0 radical (unpaired) electrons. The van der Waals surface area contributed by atoms with E-state index in [1.54, 1.807) is 11.3 Å². The number of carboxylic acid groups (broad SMARTS) is 1. The molecule has 0 aliphatic carbocycles. The average molecular weight is 297 g/mol. The van der Waals surface area contributed by atoms with Crippen LogP contribution in [0.3, 0.4) is 0 Å². The lowest BCUT2D eigenvalue weighted by Gasteiger charge is -2.37. The third-order valence-corrected chi connectivity index (χ3v) is 4.47. The Morgan fingerprint density at radius 2 is 2.20 bits per heavy atom. The van der Waals surface area contributed by atoms with Gasteiger partial charge in [-0.1, -0.05) is 0 Å². The summed E-state index contributed by atoms with van der Waals surface area (Å²) in [6, 6.07) is 1.92. The second-order valence-electron chi connectivity index (χ2n) is 5.23. The number of aliphatic carboxylic acids is 1. The van der Waals surface area contributed by atoms with Crippen molar-refractivity contribution in [2.75, 3.05) is 13.2 Å². The summed E-state index contributed by atoms with van der Waals surface area (Å²) in [5.74, 6) is -1.28. The molecule has 0 bridgehead atoms. The Morgan fingerprint density at radius 1 is 1.50 bits per heavy atom. The fourth-order valence-corrected chi connectivity index (χ4v) is 3.19. The van der Waals surface area contributed by atoms with Crippen LogP contribution in [0.15, 0.2) is 16.8 Å². The molecule has 2 heterocycles. The van der Waals surface area contributed by atoms with Gasteiger partial charge in [0.15, 0.2) is 0 Å². The van der Waals surface area contributed by atoms with Crippen LogP contribution < -0.4 is 5.32 Å². The van der Waals surface area contributed by atoms with E-state index in [9.17, 15) is 9.59 Å². The van der Waals surface area contributed by atoms with Gasteiger partial charge in [-0.15, -0.1) is 0 Å². The Labute approximate surface area is 121 Å². The molecule has 1 aliphatic rings. The second-order valence-corrected chi connectivity index (χ2v) is 6.01. The highest BCUT2D eigenvalue weighted by atomic mass is 32.1. The first-order chi connectivity index (χ1) is 9.52. The van der Waals surface area contributed by atoms with Gasteiger partial charge >= 0.3 is 5.97 Å². The highest BCUT2D eigenvalue weighted by molar-refractivity contribution is 7.08. The molecule has 1 amide bonds. The predicted molar refractivity (Wildman–Crippen MR) is 75.9 cm³/mol. The molecule has 1 aromatic rings. The van der Waals surface area contributed by atoms with Crippen LogP contribution in [0.1, 0.15) is 37.7 Å². The molecule has 20 heavy (non-hydrogen) atoms. The molecule has 2 N–H and O–H groups in total. The molecular weight excluding hydrogens is 278 g/mol. The van der Waals surface area contributed by atoms with Gasteiger partial charge in [-0.25, -0.2) is 0 Å². The van der Waals surface area contributed by atoms with Gasteiger partial charge < -0.3 is 15.2 Å². The lowest BCUT2D eigenvalue weighted by atomic mass is 9.85. The predicted octanol–water partition coefficient (Wildman–Crippen LogP) is 1.99. The number of amides is 1. The van der Waals surface area contributed by atoms with Crippen LogP contribution in [0.5, 0.6) is 0 Å². The fourth-order valence-electron chi connectivity index (χ4n) is 2.44. The fraction of sp³-hybridized carbons (Fsp3) is 0.571. The van der Waals surface area contributed by atoms with Gasteiger partial charge in [-0.2, -0.15) is 11.3 Å². The van der Waals surface area contributed by atoms with Crippen molar-refractivity contribution < 1.29 is 19.4 Å². The lowest BCUT2D eigenvalue weighted by Crippen LogP contribution is -2.54. The maximum Gasteiger partial charge on any atom is 0.305 e. The number of rotatable bonds is 5. The zero-order valence-corrected chi connectivity index (χ0v) is 12.2. The monoisotopic (exact) mass is 297 g/mol. The van der Waals surface area contributed by atoms with E-state index in [1.807, 2.05) is 23.8 Å². The number of hydrogen-bond acceptors (Lipinski definition) is 4. The van der Waals surface area contributed by atoms with Crippen molar-refractivity contribution in [3.05, 3.63) is 22.4 Å². The Kier molecular flexibility index (Phi) is 4.77. The molecule has 1 fully saturated rings. The van der Waals surface area contributed by atoms with Crippen molar-refractivity contribution in [3.8, 4) is 0 Å². The zero-order chi connectivity index (χ0) is 14.6. The van der Waals surface area contributed by atoms with Gasteiger partial charge in [0.1, 0.15) is 0 Å². The van der Waals surface area contributed by atoms with E-state index in [4.69, 9.17) is 9.84 Å². The molecule has 1 atom stereocenters. The summed E-state index contributed by atoms with van der Waals surface area (Å²) in [7, 11) is 0. The number of thiophene rings is 1. The van der Waals surface area contributed by atoms with Crippen LogP contribution in [-0.4, -0.2) is 35.7 Å². The molecule has 0 aromatic carbocycles. The van der Waals surface area contributed by atoms with Crippen molar-refractivity contribution in [1.29, 1.82) is 0 Å². The number of carboxylic acids is 1. The molecule has 5 nitrogen and oxygen atoms in total. The molecule has 1 unspecified atom stereocenters. The highest BCUT2D eigenvalue weighted by Gasteiger charge is 2.37. The van der Waals surface area contributed by atoms with Crippen LogP contribution in [0.2, 0.25) is 0 Å². The molecule has 6 heteroatoms. The Balaban J connectivity index is 2.07. The number of hydrogen-bond donors (Lipinski definition) is 2. The Morgan fingerprint density at radius 3 is 2.75 bits per heavy atom. The van der Waals surface area contributed by atoms with Crippen LogP contribution in [0.25, 0.3) is 0 Å². The number of carbonyl (C=O) groups is 2. The molecule has 0 spiro atoms. The first kappa shape index (κ1) is 15.0. The van der Waals surface area contributed by atoms with Crippen molar-refractivity contribution in [1.82, 2.24) is 5.32 Å². The van der Waals surface area contributed by atoms with Crippen molar-refractivity contribution in [2.24, 2.45) is 0 Å². The third-order valence-electron chi connectivity index (χ3n) is 3.76. The minimum Gasteiger partial charge on any atom is -0.481 e. The maximum atomic E-state index is 12.4. The van der Waals surface area contributed by atoms with E-state index in [0.717, 1.165) is 5.56 Å². The first-order valence-corrected chi connectivity index (χ1v) is 7.60. The third kappa shape index (κ3) is 3.58. The van der Waals surface area contributed by atoms with Gasteiger partial charge in [0.05, 0.1) is 17.9 Å². The maximum absolute atomic E-state index is 12.4. The summed E-state index contributed by atoms with van der Waals surface area (Å²) >= 11 is 1.55. The van der Waals surface area contributed by atoms with E-state index >= 15 is 0 Å². The van der Waals surface area contributed by atoms with Gasteiger partial charge in [-0.3, -0.25) is 9.59 Å². The van der Waals surface area contributed by atoms with Crippen molar-refractivity contribution >= 4 is 23.2 Å². The standard InChI is InChI=1S/C14H19NO4S/c1-10(11-2-7-20-9-11)13(18)15-14(8-12(16)17)3-5-19-6-4-14/h2,7,9-10H,3-6,8H2,1H3,(H,15,18)(H,16,17). The normalized spacial score (nSPS) is 19.2. The number of carbonyl (C=O) groups excluding carboxylic acids is 1. The second kappa shape index (κ2) is 6.37. The van der Waals surface area contributed by atoms with Gasteiger partial charge in [0.2, 0.25) is 5.91 Å². The number of ether oxygens (including phenoxy) is 1. The largest absolute Gasteiger partial charge is 0.481 e. The summed E-state index contributed by atoms with van der Waals surface area (Å²) in [4.78, 5) is 23.4. The van der Waals surface area contributed by atoms with Crippen molar-refractivity contribution in [2.45, 2.75) is 37.6 Å². The summed E-state index contributed by atoms with van der Waals surface area (Å²) in [6.07, 6.45) is 1.03. The van der Waals surface area contributed by atoms with Crippen LogP contribution in [-0.2, 0) is 14.3 Å². The van der Waals surface area contributed by atoms with Gasteiger partial charge in [0.25, 0.3) is 0 Å². The molecule has 1 aromatic heterocycles. The van der Waals surface area contributed by atoms with Crippen LogP contribution in [0.4, 0.5) is 0 Å². The van der Waals surface area contributed by atoms with E-state index in [0.29, 0.717) is 26.1 Å². The zero-order valence-electron chi connectivity index (χ0n) is 11.4. The van der Waals surface area contributed by atoms with E-state index in [1.165, 1.54) is 0 Å². The molecule has 1 aliphatic heterocycles. The Hall–Kier alpha value is -1.40. The summed E-state index contributed by atoms with van der Waals surface area (Å²) in [5, 5.41) is 15.9. The quantitative estimate of drug-likeness (QED) is 0.871. The minimum absolute atomic E-state index is 0.0571. The van der Waals surface area contributed by atoms with Crippen LogP contribution in [0, 0.1) is 0 Å². The molecule has 110 valence electrons. The summed E-state index contributed by atoms with van der Waals surface area (Å²) < 4.78 is 5.28. The highest BCUT2D eigenvalue weighted by Crippen LogP contribution is 2.27. The number of nitrogens with one attached hydrogen (secondary N) is 1. The van der Waals surface area contributed by atoms with Gasteiger partial charge in [-0.05, 0) is 42.2 Å². The summed E-state index contributed by atoms with van der Waals surface area (Å²) in [5.41, 5.74) is 0.288. The SMILES string of the molecule is CC(C(=O)NC1(CC(=O)O)CCOCC1)c1ccsc1. The lowest BCUT2D eigenvalue weighted by molar-refractivity contribution is -0.140. The topological polar surface area (TPSA) is 75.6 Å². The van der Waals surface area contributed by atoms with Gasteiger partial charge in [0, 0.05) is 13.2 Å². The molecule has 2 rings (SSSR count). The summed E-state index contributed by atoms with van der Waals surface area (Å²) in [6.45, 7) is 2.81. The smallest absolute Gasteiger partial charge is 0.305 e. The van der Waals surface area contributed by atoms with E-state index < -0.39 is 11.5 Å². The molecular formula is C14H19NO4S. The van der Waals surface area contributed by atoms with Crippen LogP contribution >= 0.6 is 11.3 Å². The average Bonchev–Trinajstić information content (AvgIpc) is 2.91. The van der Waals surface area contributed by atoms with Crippen molar-refractivity contribution in [3.63, 3.8) is 0 Å². The first-order valence-electron chi connectivity index (χ1n) is 6.66.